The van der Waals surface area contributed by atoms with Crippen molar-refractivity contribution >= 4 is 23.3 Å². The fourth-order valence-electron chi connectivity index (χ4n) is 3.74. The Labute approximate surface area is 171 Å². The molecule has 28 heavy (non-hydrogen) atoms. The van der Waals surface area contributed by atoms with Crippen molar-refractivity contribution < 1.29 is 14.3 Å². The molecular formula is C20H32N4O3S. The third-order valence-corrected chi connectivity index (χ3v) is 6.20. The first-order chi connectivity index (χ1) is 13.4. The molecule has 2 aliphatic rings. The molecule has 0 bridgehead atoms. The van der Waals surface area contributed by atoms with Gasteiger partial charge in [-0.1, -0.05) is 13.8 Å². The number of ether oxygens (including phenoxy) is 1. The number of piperidine rings is 1. The normalized spacial score (nSPS) is 19.3. The number of thiazole rings is 1. The molecule has 8 heteroatoms. The lowest BCUT2D eigenvalue weighted by molar-refractivity contribution is -0.138. The van der Waals surface area contributed by atoms with Gasteiger partial charge in [-0.05, 0) is 38.8 Å². The molecule has 2 fully saturated rings. The van der Waals surface area contributed by atoms with E-state index in [1.165, 1.54) is 0 Å². The molecule has 0 radical (unpaired) electrons. The van der Waals surface area contributed by atoms with Gasteiger partial charge in [0, 0.05) is 44.0 Å². The van der Waals surface area contributed by atoms with E-state index in [9.17, 15) is 9.59 Å². The zero-order valence-electron chi connectivity index (χ0n) is 17.2. The Kier molecular flexibility index (Phi) is 7.29. The summed E-state index contributed by atoms with van der Waals surface area (Å²) in [5.41, 5.74) is 1.13. The molecule has 0 aliphatic carbocycles. The van der Waals surface area contributed by atoms with Gasteiger partial charge in [0.2, 0.25) is 5.91 Å². The van der Waals surface area contributed by atoms with Gasteiger partial charge < -0.3 is 14.5 Å². The highest BCUT2D eigenvalue weighted by atomic mass is 32.1. The van der Waals surface area contributed by atoms with Gasteiger partial charge in [0.25, 0.3) is 0 Å². The molecule has 2 amide bonds. The fraction of sp³-hybridized carbons (Fsp3) is 0.750. The van der Waals surface area contributed by atoms with Crippen molar-refractivity contribution in [1.82, 2.24) is 19.7 Å². The van der Waals surface area contributed by atoms with Crippen LogP contribution in [0.25, 0.3) is 0 Å². The molecule has 156 valence electrons. The van der Waals surface area contributed by atoms with Gasteiger partial charge in [0.1, 0.15) is 0 Å². The first-order valence-corrected chi connectivity index (χ1v) is 11.1. The minimum Gasteiger partial charge on any atom is -0.449 e. The Bertz CT molecular complexity index is 662. The summed E-state index contributed by atoms with van der Waals surface area (Å²) in [5.74, 6) is 0.685. The van der Waals surface area contributed by atoms with E-state index in [1.807, 2.05) is 25.7 Å². The molecule has 0 saturated carbocycles. The highest BCUT2D eigenvalue weighted by Gasteiger charge is 2.31. The number of piperazine rings is 1. The Hall–Kier alpha value is -1.67. The van der Waals surface area contributed by atoms with Crippen LogP contribution >= 0.6 is 11.3 Å². The maximum Gasteiger partial charge on any atom is 0.409 e. The van der Waals surface area contributed by atoms with Crippen LogP contribution < -0.4 is 0 Å². The lowest BCUT2D eigenvalue weighted by atomic mass is 9.95. The van der Waals surface area contributed by atoms with E-state index in [-0.39, 0.29) is 17.9 Å². The number of nitrogens with zero attached hydrogens (tertiary/aromatic N) is 4. The summed E-state index contributed by atoms with van der Waals surface area (Å²) in [4.78, 5) is 35.5. The van der Waals surface area contributed by atoms with Crippen molar-refractivity contribution in [1.29, 1.82) is 0 Å². The SMILES string of the molecule is Cc1nc(CN2CCC(C(=O)N3CCN(C(=O)OCC(C)C)CC3)CC2)cs1. The number of aryl methyl sites for hydroxylation is 1. The zero-order chi connectivity index (χ0) is 20.1. The quantitative estimate of drug-likeness (QED) is 0.749. The lowest BCUT2D eigenvalue weighted by Gasteiger charge is -2.38. The van der Waals surface area contributed by atoms with Gasteiger partial charge in [-0.3, -0.25) is 9.69 Å². The maximum atomic E-state index is 12.9. The highest BCUT2D eigenvalue weighted by Crippen LogP contribution is 2.22. The van der Waals surface area contributed by atoms with Crippen LogP contribution in [0.15, 0.2) is 5.38 Å². The smallest absolute Gasteiger partial charge is 0.409 e. The second kappa shape index (κ2) is 9.69. The molecule has 1 aromatic rings. The monoisotopic (exact) mass is 408 g/mol. The predicted octanol–water partition coefficient (Wildman–Crippen LogP) is 2.60. The summed E-state index contributed by atoms with van der Waals surface area (Å²) >= 11 is 1.69. The average molecular weight is 409 g/mol. The summed E-state index contributed by atoms with van der Waals surface area (Å²) in [7, 11) is 0. The predicted molar refractivity (Wildman–Crippen MR) is 109 cm³/mol. The number of hydrogen-bond donors (Lipinski definition) is 0. The molecule has 0 spiro atoms. The third kappa shape index (κ3) is 5.67. The molecular weight excluding hydrogens is 376 g/mol. The molecule has 7 nitrogen and oxygen atoms in total. The number of carbonyl (C=O) groups excluding carboxylic acids is 2. The molecule has 1 aromatic heterocycles. The maximum absolute atomic E-state index is 12.9. The molecule has 0 unspecified atom stereocenters. The second-order valence-electron chi connectivity index (χ2n) is 8.19. The fourth-order valence-corrected chi connectivity index (χ4v) is 4.35. The van der Waals surface area contributed by atoms with Crippen LogP contribution in [0, 0.1) is 18.8 Å². The number of likely N-dealkylation sites (tertiary alicyclic amines) is 1. The van der Waals surface area contributed by atoms with Gasteiger partial charge in [-0.15, -0.1) is 11.3 Å². The Morgan fingerprint density at radius 2 is 1.79 bits per heavy atom. The summed E-state index contributed by atoms with van der Waals surface area (Å²) < 4.78 is 5.29. The van der Waals surface area contributed by atoms with Crippen LogP contribution in [0.3, 0.4) is 0 Å². The van der Waals surface area contributed by atoms with E-state index in [0.29, 0.717) is 38.7 Å². The van der Waals surface area contributed by atoms with E-state index in [2.05, 4.69) is 15.3 Å². The number of carbonyl (C=O) groups is 2. The Morgan fingerprint density at radius 1 is 1.14 bits per heavy atom. The van der Waals surface area contributed by atoms with Crippen molar-refractivity contribution in [2.24, 2.45) is 11.8 Å². The third-order valence-electron chi connectivity index (χ3n) is 5.38. The van der Waals surface area contributed by atoms with Gasteiger partial charge >= 0.3 is 6.09 Å². The van der Waals surface area contributed by atoms with E-state index in [4.69, 9.17) is 4.74 Å². The van der Waals surface area contributed by atoms with Crippen LogP contribution in [-0.4, -0.2) is 77.6 Å². The standard InChI is InChI=1S/C20H32N4O3S/c1-15(2)13-27-20(26)24-10-8-23(9-11-24)19(25)17-4-6-22(7-5-17)12-18-14-28-16(3)21-18/h14-15,17H,4-13H2,1-3H3. The Morgan fingerprint density at radius 3 is 2.36 bits per heavy atom. The molecule has 0 N–H and O–H groups in total. The lowest BCUT2D eigenvalue weighted by Crippen LogP contribution is -2.53. The zero-order valence-corrected chi connectivity index (χ0v) is 18.0. The van der Waals surface area contributed by atoms with Gasteiger partial charge in [-0.2, -0.15) is 0 Å². The minimum atomic E-state index is -0.258. The Balaban J connectivity index is 1.39. The van der Waals surface area contributed by atoms with Crippen LogP contribution in [0.2, 0.25) is 0 Å². The van der Waals surface area contributed by atoms with Crippen molar-refractivity contribution in [3.05, 3.63) is 16.1 Å². The van der Waals surface area contributed by atoms with Crippen molar-refractivity contribution in [3.63, 3.8) is 0 Å². The topological polar surface area (TPSA) is 66.0 Å². The van der Waals surface area contributed by atoms with Crippen LogP contribution in [0.5, 0.6) is 0 Å². The van der Waals surface area contributed by atoms with Crippen LogP contribution in [-0.2, 0) is 16.1 Å². The number of rotatable bonds is 5. The summed E-state index contributed by atoms with van der Waals surface area (Å²) in [6.45, 7) is 11.6. The number of hydrogen-bond acceptors (Lipinski definition) is 6. The number of amides is 2. The molecule has 2 aliphatic heterocycles. The first kappa shape index (κ1) is 21.0. The largest absolute Gasteiger partial charge is 0.449 e. The average Bonchev–Trinajstić information content (AvgIpc) is 3.11. The van der Waals surface area contributed by atoms with E-state index in [0.717, 1.165) is 43.2 Å². The van der Waals surface area contributed by atoms with E-state index < -0.39 is 0 Å². The molecule has 0 aromatic carbocycles. The van der Waals surface area contributed by atoms with Crippen LogP contribution in [0.4, 0.5) is 4.79 Å². The van der Waals surface area contributed by atoms with Crippen LogP contribution in [0.1, 0.15) is 37.4 Å². The van der Waals surface area contributed by atoms with Gasteiger partial charge in [0.15, 0.2) is 0 Å². The van der Waals surface area contributed by atoms with Crippen molar-refractivity contribution in [2.45, 2.75) is 40.2 Å². The highest BCUT2D eigenvalue weighted by molar-refractivity contribution is 7.09. The molecule has 0 atom stereocenters. The molecule has 3 heterocycles. The molecule has 2 saturated heterocycles. The molecule has 3 rings (SSSR count). The summed E-state index contributed by atoms with van der Waals surface area (Å²) in [5, 5.41) is 3.23. The van der Waals surface area contributed by atoms with Gasteiger partial charge in [-0.25, -0.2) is 9.78 Å². The van der Waals surface area contributed by atoms with E-state index >= 15 is 0 Å². The number of aromatic nitrogens is 1. The van der Waals surface area contributed by atoms with E-state index in [1.54, 1.807) is 16.2 Å². The van der Waals surface area contributed by atoms with Crippen molar-refractivity contribution in [3.8, 4) is 0 Å². The minimum absolute atomic E-state index is 0.105. The summed E-state index contributed by atoms with van der Waals surface area (Å²) in [6.07, 6.45) is 1.54. The van der Waals surface area contributed by atoms with Gasteiger partial charge in [0.05, 0.1) is 17.3 Å². The van der Waals surface area contributed by atoms with Crippen molar-refractivity contribution in [2.75, 3.05) is 45.9 Å². The summed E-state index contributed by atoms with van der Waals surface area (Å²) in [6, 6.07) is 0. The first-order valence-electron chi connectivity index (χ1n) is 10.3. The second-order valence-corrected chi connectivity index (χ2v) is 9.25.